The Morgan fingerprint density at radius 3 is 2.68 bits per heavy atom. The van der Waals surface area contributed by atoms with E-state index in [0.717, 1.165) is 17.6 Å². The normalized spacial score (nSPS) is 18.9. The summed E-state index contributed by atoms with van der Waals surface area (Å²) in [6.07, 6.45) is 2.43. The van der Waals surface area contributed by atoms with Gasteiger partial charge < -0.3 is 10.5 Å². The topological polar surface area (TPSA) is 55.6 Å². The minimum absolute atomic E-state index is 0.321. The van der Waals surface area contributed by atoms with Gasteiger partial charge in [-0.3, -0.25) is 4.90 Å². The summed E-state index contributed by atoms with van der Waals surface area (Å²) in [5.74, 6) is 0.351. The van der Waals surface area contributed by atoms with Crippen molar-refractivity contribution in [3.63, 3.8) is 0 Å². The molecule has 2 N–H and O–H groups in total. The van der Waals surface area contributed by atoms with Crippen LogP contribution in [0.2, 0.25) is 5.02 Å². The molecule has 0 saturated heterocycles. The number of carbonyl (C=O) groups is 1. The van der Waals surface area contributed by atoms with E-state index >= 15 is 0 Å². The standard InChI is InChI=1S/C17H23ClN2O2/c1-11-7-13(12-5-6-14(18)15(19)8-12)10-20(9-11)16(21)22-17(2,3)4/h5-6,8,10-11H,7,9,19H2,1-4H3. The molecular formula is C17H23ClN2O2. The van der Waals surface area contributed by atoms with Gasteiger partial charge in [0, 0.05) is 12.7 Å². The highest BCUT2D eigenvalue weighted by molar-refractivity contribution is 6.33. The van der Waals surface area contributed by atoms with Crippen molar-refractivity contribution in [3.05, 3.63) is 35.0 Å². The number of nitrogens with zero attached hydrogens (tertiary/aromatic N) is 1. The van der Waals surface area contributed by atoms with Crippen molar-refractivity contribution in [1.82, 2.24) is 4.90 Å². The molecule has 22 heavy (non-hydrogen) atoms. The molecule has 4 nitrogen and oxygen atoms in total. The highest BCUT2D eigenvalue weighted by atomic mass is 35.5. The number of hydrogen-bond donors (Lipinski definition) is 1. The Balaban J connectivity index is 2.26. The molecule has 1 aromatic rings. The van der Waals surface area contributed by atoms with Crippen molar-refractivity contribution in [2.45, 2.75) is 39.7 Å². The van der Waals surface area contributed by atoms with Crippen LogP contribution in [0.4, 0.5) is 10.5 Å². The van der Waals surface area contributed by atoms with Gasteiger partial charge in [0.05, 0.1) is 10.7 Å². The number of ether oxygens (including phenoxy) is 1. The minimum atomic E-state index is -0.503. The summed E-state index contributed by atoms with van der Waals surface area (Å²) in [6.45, 7) is 8.36. The van der Waals surface area contributed by atoms with E-state index in [-0.39, 0.29) is 6.09 Å². The quantitative estimate of drug-likeness (QED) is 0.772. The molecule has 0 aromatic heterocycles. The third-order valence-corrected chi connectivity index (χ3v) is 3.73. The van der Waals surface area contributed by atoms with E-state index < -0.39 is 5.60 Å². The largest absolute Gasteiger partial charge is 0.443 e. The van der Waals surface area contributed by atoms with Gasteiger partial charge in [-0.25, -0.2) is 4.79 Å². The molecule has 1 unspecified atom stereocenters. The number of rotatable bonds is 1. The van der Waals surface area contributed by atoms with Crippen LogP contribution >= 0.6 is 11.6 Å². The lowest BCUT2D eigenvalue weighted by atomic mass is 9.92. The minimum Gasteiger partial charge on any atom is -0.443 e. The summed E-state index contributed by atoms with van der Waals surface area (Å²) in [5.41, 5.74) is 7.97. The molecule has 5 heteroatoms. The summed E-state index contributed by atoms with van der Waals surface area (Å²) in [5, 5.41) is 0.539. The molecule has 120 valence electrons. The second-order valence-corrected chi connectivity index (χ2v) is 7.24. The molecule has 0 spiro atoms. The third kappa shape index (κ3) is 4.17. The predicted molar refractivity (Wildman–Crippen MR) is 90.6 cm³/mol. The van der Waals surface area contributed by atoms with Crippen LogP contribution in [0.1, 0.15) is 39.7 Å². The molecule has 0 bridgehead atoms. The smallest absolute Gasteiger partial charge is 0.414 e. The molecule has 1 heterocycles. The first kappa shape index (κ1) is 16.7. The highest BCUT2D eigenvalue weighted by Gasteiger charge is 2.26. The van der Waals surface area contributed by atoms with Crippen LogP contribution in [0.15, 0.2) is 24.4 Å². The van der Waals surface area contributed by atoms with Crippen molar-refractivity contribution >= 4 is 29.0 Å². The first-order valence-electron chi connectivity index (χ1n) is 7.41. The van der Waals surface area contributed by atoms with Gasteiger partial charge in [-0.15, -0.1) is 0 Å². The molecule has 1 aliphatic heterocycles. The van der Waals surface area contributed by atoms with Crippen LogP contribution < -0.4 is 5.73 Å². The van der Waals surface area contributed by atoms with Gasteiger partial charge in [0.25, 0.3) is 0 Å². The van der Waals surface area contributed by atoms with E-state index in [4.69, 9.17) is 22.1 Å². The summed E-state index contributed by atoms with van der Waals surface area (Å²) in [7, 11) is 0. The van der Waals surface area contributed by atoms with Crippen molar-refractivity contribution in [2.75, 3.05) is 12.3 Å². The zero-order chi connectivity index (χ0) is 16.5. The van der Waals surface area contributed by atoms with E-state index in [1.807, 2.05) is 39.1 Å². The maximum Gasteiger partial charge on any atom is 0.414 e. The van der Waals surface area contributed by atoms with Crippen LogP contribution in [0.3, 0.4) is 0 Å². The van der Waals surface area contributed by atoms with Gasteiger partial charge in [-0.05, 0) is 56.4 Å². The van der Waals surface area contributed by atoms with Crippen LogP contribution in [-0.2, 0) is 4.74 Å². The molecule has 1 aromatic carbocycles. The lowest BCUT2D eigenvalue weighted by molar-refractivity contribution is 0.0309. The average Bonchev–Trinajstić information content (AvgIpc) is 2.39. The number of nitrogens with two attached hydrogens (primary N) is 1. The number of amides is 1. The second-order valence-electron chi connectivity index (χ2n) is 6.83. The van der Waals surface area contributed by atoms with Crippen molar-refractivity contribution in [3.8, 4) is 0 Å². The van der Waals surface area contributed by atoms with Gasteiger partial charge in [0.2, 0.25) is 0 Å². The van der Waals surface area contributed by atoms with E-state index in [2.05, 4.69) is 6.92 Å². The van der Waals surface area contributed by atoms with Crippen LogP contribution in [0, 0.1) is 5.92 Å². The fourth-order valence-electron chi connectivity index (χ4n) is 2.45. The molecule has 1 atom stereocenters. The summed E-state index contributed by atoms with van der Waals surface area (Å²) < 4.78 is 5.45. The Morgan fingerprint density at radius 2 is 2.09 bits per heavy atom. The fraction of sp³-hybridized carbons (Fsp3) is 0.471. The van der Waals surface area contributed by atoms with Gasteiger partial charge >= 0.3 is 6.09 Å². The SMILES string of the molecule is CC1CC(c2ccc(Cl)c(N)c2)=CN(C(=O)OC(C)(C)C)C1. The molecule has 0 aliphatic carbocycles. The van der Waals surface area contributed by atoms with Crippen LogP contribution in [0.5, 0.6) is 0 Å². The Kier molecular flexibility index (Phi) is 4.71. The fourth-order valence-corrected chi connectivity index (χ4v) is 2.57. The predicted octanol–water partition coefficient (Wildman–Crippen LogP) is 4.54. The van der Waals surface area contributed by atoms with Gasteiger partial charge in [-0.2, -0.15) is 0 Å². The molecule has 0 fully saturated rings. The summed E-state index contributed by atoms with van der Waals surface area (Å²) in [4.78, 5) is 13.9. The Morgan fingerprint density at radius 1 is 1.41 bits per heavy atom. The molecular weight excluding hydrogens is 300 g/mol. The lowest BCUT2D eigenvalue weighted by Crippen LogP contribution is -2.38. The van der Waals surface area contributed by atoms with Crippen LogP contribution in [0.25, 0.3) is 5.57 Å². The molecule has 1 amide bonds. The van der Waals surface area contributed by atoms with E-state index in [0.29, 0.717) is 23.2 Å². The third-order valence-electron chi connectivity index (χ3n) is 3.38. The molecule has 2 rings (SSSR count). The van der Waals surface area contributed by atoms with E-state index in [1.54, 1.807) is 11.0 Å². The number of allylic oxidation sites excluding steroid dienone is 1. The lowest BCUT2D eigenvalue weighted by Gasteiger charge is -2.31. The Hall–Kier alpha value is -1.68. The van der Waals surface area contributed by atoms with Gasteiger partial charge in [-0.1, -0.05) is 24.6 Å². The van der Waals surface area contributed by atoms with Crippen LogP contribution in [-0.4, -0.2) is 23.1 Å². The number of anilines is 1. The first-order chi connectivity index (χ1) is 10.2. The Bertz CT molecular complexity index is 605. The number of nitrogen functional groups attached to an aromatic ring is 1. The summed E-state index contributed by atoms with van der Waals surface area (Å²) in [6, 6.07) is 5.56. The maximum absolute atomic E-state index is 12.3. The van der Waals surface area contributed by atoms with Gasteiger partial charge in [0.1, 0.15) is 5.60 Å². The molecule has 1 aliphatic rings. The maximum atomic E-state index is 12.3. The zero-order valence-corrected chi connectivity index (χ0v) is 14.3. The summed E-state index contributed by atoms with van der Waals surface area (Å²) >= 11 is 5.97. The van der Waals surface area contributed by atoms with Crippen molar-refractivity contribution in [1.29, 1.82) is 0 Å². The molecule has 0 radical (unpaired) electrons. The van der Waals surface area contributed by atoms with Gasteiger partial charge in [0.15, 0.2) is 0 Å². The van der Waals surface area contributed by atoms with E-state index in [9.17, 15) is 4.79 Å². The number of hydrogen-bond acceptors (Lipinski definition) is 3. The number of halogens is 1. The molecule has 0 saturated carbocycles. The first-order valence-corrected chi connectivity index (χ1v) is 7.79. The number of carbonyl (C=O) groups excluding carboxylic acids is 1. The zero-order valence-electron chi connectivity index (χ0n) is 13.5. The monoisotopic (exact) mass is 322 g/mol. The van der Waals surface area contributed by atoms with E-state index in [1.165, 1.54) is 0 Å². The van der Waals surface area contributed by atoms with Crippen molar-refractivity contribution in [2.24, 2.45) is 5.92 Å². The average molecular weight is 323 g/mol. The highest BCUT2D eigenvalue weighted by Crippen LogP contribution is 2.31. The Labute approximate surface area is 136 Å². The number of benzene rings is 1. The second kappa shape index (κ2) is 6.21. The van der Waals surface area contributed by atoms with Crippen molar-refractivity contribution < 1.29 is 9.53 Å².